The van der Waals surface area contributed by atoms with E-state index in [1.165, 1.54) is 50.1 Å². The zero-order valence-corrected chi connectivity index (χ0v) is 19.2. The van der Waals surface area contributed by atoms with E-state index in [4.69, 9.17) is 10.00 Å². The molecule has 0 saturated heterocycles. The molecule has 0 N–H and O–H groups in total. The summed E-state index contributed by atoms with van der Waals surface area (Å²) in [6.45, 7) is 15.0. The van der Waals surface area contributed by atoms with Gasteiger partial charge < -0.3 is 4.74 Å². The third-order valence-corrected chi connectivity index (χ3v) is 6.19. The maximum Gasteiger partial charge on any atom is 0.292 e. The molecule has 3 aromatic carbocycles. The minimum atomic E-state index is 0.674. The van der Waals surface area contributed by atoms with E-state index in [-0.39, 0.29) is 0 Å². The van der Waals surface area contributed by atoms with Gasteiger partial charge in [0, 0.05) is 0 Å². The Bertz CT molecular complexity index is 1130. The lowest BCUT2D eigenvalue weighted by Crippen LogP contribution is -2.01. The number of nitriles is 1. The number of aryl methyl sites for hydroxylation is 7. The van der Waals surface area contributed by atoms with Gasteiger partial charge in [-0.05, 0) is 123 Å². The Kier molecular flexibility index (Phi) is 6.32. The van der Waals surface area contributed by atoms with Gasteiger partial charge in [-0.25, -0.2) is 0 Å². The van der Waals surface area contributed by atoms with Gasteiger partial charge in [-0.1, -0.05) is 36.4 Å². The van der Waals surface area contributed by atoms with Gasteiger partial charge in [0.2, 0.25) is 0 Å². The minimum Gasteiger partial charge on any atom is -0.387 e. The molecule has 0 bridgehead atoms. The number of benzene rings is 3. The highest BCUT2D eigenvalue weighted by atomic mass is 16.5. The number of nitrogens with zero attached hydrogens (tertiary/aromatic N) is 1. The van der Waals surface area contributed by atoms with Crippen molar-refractivity contribution in [1.29, 1.82) is 5.26 Å². The largest absolute Gasteiger partial charge is 0.387 e. The molecule has 3 rings (SSSR count). The Morgan fingerprint density at radius 2 is 1.03 bits per heavy atom. The molecule has 0 spiro atoms. The molecule has 0 aliphatic heterocycles. The smallest absolute Gasteiger partial charge is 0.292 e. The zero-order chi connectivity index (χ0) is 22.0. The SMILES string of the molecule is Cc1cc(C)c(Cc2cc(Cc3cc(C)c(OC#N)c(C)c3)c(C)cc2C)cc1C. The van der Waals surface area contributed by atoms with Crippen molar-refractivity contribution in [2.24, 2.45) is 0 Å². The van der Waals surface area contributed by atoms with Gasteiger partial charge in [-0.3, -0.25) is 0 Å². The second kappa shape index (κ2) is 8.76. The molecule has 0 atom stereocenters. The summed E-state index contributed by atoms with van der Waals surface area (Å²) in [5.41, 5.74) is 14.1. The fourth-order valence-electron chi connectivity index (χ4n) is 4.31. The van der Waals surface area contributed by atoms with Crippen LogP contribution < -0.4 is 4.74 Å². The summed E-state index contributed by atoms with van der Waals surface area (Å²) in [6, 6.07) is 13.6. The third kappa shape index (κ3) is 4.57. The summed E-state index contributed by atoms with van der Waals surface area (Å²) in [6.07, 6.45) is 3.62. The summed E-state index contributed by atoms with van der Waals surface area (Å²) in [7, 11) is 0. The first-order valence-electron chi connectivity index (χ1n) is 10.5. The fraction of sp³-hybridized carbons (Fsp3) is 0.321. The molecule has 0 fully saturated rings. The first-order chi connectivity index (χ1) is 14.2. The van der Waals surface area contributed by atoms with Crippen LogP contribution >= 0.6 is 0 Å². The van der Waals surface area contributed by atoms with Crippen LogP contribution in [0.25, 0.3) is 0 Å². The Morgan fingerprint density at radius 3 is 1.60 bits per heavy atom. The van der Waals surface area contributed by atoms with Gasteiger partial charge in [0.15, 0.2) is 0 Å². The van der Waals surface area contributed by atoms with Crippen LogP contribution in [0.15, 0.2) is 36.4 Å². The highest BCUT2D eigenvalue weighted by Gasteiger charge is 2.12. The van der Waals surface area contributed by atoms with Gasteiger partial charge in [-0.2, -0.15) is 0 Å². The van der Waals surface area contributed by atoms with Crippen LogP contribution in [-0.2, 0) is 12.8 Å². The van der Waals surface area contributed by atoms with Gasteiger partial charge in [-0.15, -0.1) is 5.26 Å². The molecule has 0 unspecified atom stereocenters. The van der Waals surface area contributed by atoms with Crippen LogP contribution in [0.4, 0.5) is 0 Å². The molecular formula is C28H31NO. The van der Waals surface area contributed by atoms with E-state index in [1.54, 1.807) is 6.26 Å². The van der Waals surface area contributed by atoms with E-state index in [0.717, 1.165) is 24.0 Å². The molecule has 0 aliphatic rings. The Labute approximate surface area is 181 Å². The van der Waals surface area contributed by atoms with Crippen molar-refractivity contribution in [3.8, 4) is 12.0 Å². The molecule has 0 heterocycles. The zero-order valence-electron chi connectivity index (χ0n) is 19.2. The normalized spacial score (nSPS) is 10.7. The molecule has 0 saturated carbocycles. The van der Waals surface area contributed by atoms with Crippen molar-refractivity contribution in [3.05, 3.63) is 97.6 Å². The van der Waals surface area contributed by atoms with Gasteiger partial charge in [0.1, 0.15) is 5.75 Å². The molecule has 3 aromatic rings. The summed E-state index contributed by atoms with van der Waals surface area (Å²) in [5, 5.41) is 8.87. The minimum absolute atomic E-state index is 0.674. The van der Waals surface area contributed by atoms with Crippen molar-refractivity contribution in [2.75, 3.05) is 0 Å². The summed E-state index contributed by atoms with van der Waals surface area (Å²) >= 11 is 0. The highest BCUT2D eigenvalue weighted by molar-refractivity contribution is 5.48. The average molecular weight is 398 g/mol. The number of hydrogen-bond donors (Lipinski definition) is 0. The first-order valence-corrected chi connectivity index (χ1v) is 10.5. The Morgan fingerprint density at radius 1 is 0.567 bits per heavy atom. The number of hydrogen-bond acceptors (Lipinski definition) is 2. The molecule has 2 heteroatoms. The van der Waals surface area contributed by atoms with Gasteiger partial charge in [0.25, 0.3) is 6.26 Å². The highest BCUT2D eigenvalue weighted by Crippen LogP contribution is 2.28. The molecule has 0 amide bonds. The van der Waals surface area contributed by atoms with E-state index >= 15 is 0 Å². The maximum absolute atomic E-state index is 8.87. The van der Waals surface area contributed by atoms with E-state index in [2.05, 4.69) is 71.0 Å². The third-order valence-electron chi connectivity index (χ3n) is 6.19. The maximum atomic E-state index is 8.87. The van der Waals surface area contributed by atoms with Crippen molar-refractivity contribution in [3.63, 3.8) is 0 Å². The van der Waals surface area contributed by atoms with Gasteiger partial charge in [0.05, 0.1) is 0 Å². The van der Waals surface area contributed by atoms with E-state index in [1.807, 2.05) is 13.8 Å². The van der Waals surface area contributed by atoms with Gasteiger partial charge >= 0.3 is 0 Å². The van der Waals surface area contributed by atoms with E-state index in [9.17, 15) is 0 Å². The standard InChI is InChI=1S/C28H31NO/c1-17-8-19(3)25(12-18(17)2)14-27-15-26(20(4)9-21(27)5)13-24-10-22(6)28(30-16-29)23(7)11-24/h8-12,15H,13-14H2,1-7H3. The Hall–Kier alpha value is -3.05. The van der Waals surface area contributed by atoms with Crippen LogP contribution in [-0.4, -0.2) is 0 Å². The van der Waals surface area contributed by atoms with E-state index < -0.39 is 0 Å². The summed E-state index contributed by atoms with van der Waals surface area (Å²) in [5.74, 6) is 0.674. The molecule has 0 aliphatic carbocycles. The summed E-state index contributed by atoms with van der Waals surface area (Å²) in [4.78, 5) is 0. The second-order valence-electron chi connectivity index (χ2n) is 8.67. The fourth-order valence-corrected chi connectivity index (χ4v) is 4.31. The molecular weight excluding hydrogens is 366 g/mol. The van der Waals surface area contributed by atoms with Crippen LogP contribution in [0.2, 0.25) is 0 Å². The first kappa shape index (κ1) is 21.7. The van der Waals surface area contributed by atoms with Crippen molar-refractivity contribution in [2.45, 2.75) is 61.3 Å². The van der Waals surface area contributed by atoms with Crippen LogP contribution in [0, 0.1) is 60.0 Å². The van der Waals surface area contributed by atoms with Crippen LogP contribution in [0.3, 0.4) is 0 Å². The lowest BCUT2D eigenvalue weighted by atomic mass is 9.89. The van der Waals surface area contributed by atoms with Crippen molar-refractivity contribution in [1.82, 2.24) is 0 Å². The van der Waals surface area contributed by atoms with Crippen molar-refractivity contribution < 1.29 is 4.74 Å². The molecule has 30 heavy (non-hydrogen) atoms. The number of ether oxygens (including phenoxy) is 1. The predicted molar refractivity (Wildman–Crippen MR) is 124 cm³/mol. The monoisotopic (exact) mass is 397 g/mol. The average Bonchev–Trinajstić information content (AvgIpc) is 2.66. The molecule has 2 nitrogen and oxygen atoms in total. The number of rotatable bonds is 5. The van der Waals surface area contributed by atoms with E-state index in [0.29, 0.717) is 5.75 Å². The lowest BCUT2D eigenvalue weighted by molar-refractivity contribution is 0.498. The predicted octanol–water partition coefficient (Wildman–Crippen LogP) is 6.89. The summed E-state index contributed by atoms with van der Waals surface area (Å²) < 4.78 is 5.13. The topological polar surface area (TPSA) is 33.0 Å². The van der Waals surface area contributed by atoms with Crippen molar-refractivity contribution >= 4 is 0 Å². The lowest BCUT2D eigenvalue weighted by Gasteiger charge is -2.16. The Balaban J connectivity index is 1.95. The second-order valence-corrected chi connectivity index (χ2v) is 8.67. The van der Waals surface area contributed by atoms with Crippen LogP contribution in [0.5, 0.6) is 5.75 Å². The molecule has 0 radical (unpaired) electrons. The van der Waals surface area contributed by atoms with Crippen LogP contribution in [0.1, 0.15) is 61.2 Å². The molecule has 0 aromatic heterocycles. The molecule has 154 valence electrons. The quantitative estimate of drug-likeness (QED) is 0.439.